The summed E-state index contributed by atoms with van der Waals surface area (Å²) in [5.41, 5.74) is 1.12. The van der Waals surface area contributed by atoms with Crippen LogP contribution in [-0.2, 0) is 0 Å². The van der Waals surface area contributed by atoms with Gasteiger partial charge < -0.3 is 5.32 Å². The Morgan fingerprint density at radius 1 is 1.28 bits per heavy atom. The van der Waals surface area contributed by atoms with Gasteiger partial charge in [-0.2, -0.15) is 0 Å². The number of halogens is 2. The molecule has 92 valence electrons. The van der Waals surface area contributed by atoms with Gasteiger partial charge in [-0.3, -0.25) is 4.79 Å². The van der Waals surface area contributed by atoms with Gasteiger partial charge in [0.1, 0.15) is 5.82 Å². The second kappa shape index (κ2) is 5.50. The van der Waals surface area contributed by atoms with E-state index < -0.39 is 0 Å². The van der Waals surface area contributed by atoms with Crippen LogP contribution in [0.5, 0.6) is 0 Å². The number of nitrogens with one attached hydrogen (secondary N) is 1. The third-order valence-electron chi connectivity index (χ3n) is 2.45. The quantitative estimate of drug-likeness (QED) is 0.874. The normalized spacial score (nSPS) is 10.2. The zero-order chi connectivity index (χ0) is 13.1. The summed E-state index contributed by atoms with van der Waals surface area (Å²) in [5, 5.41) is 3.53. The number of carbonyl (C=O) groups is 1. The van der Waals surface area contributed by atoms with E-state index in [1.807, 2.05) is 0 Å². The van der Waals surface area contributed by atoms with Gasteiger partial charge in [-0.05, 0) is 46.3 Å². The Bertz CT molecular complexity index is 584. The van der Waals surface area contributed by atoms with Crippen molar-refractivity contribution in [1.29, 1.82) is 0 Å². The van der Waals surface area contributed by atoms with Crippen LogP contribution in [0.2, 0.25) is 5.02 Å². The number of hydrogen-bond acceptors (Lipinski definition) is 3. The van der Waals surface area contributed by atoms with Crippen LogP contribution in [0.1, 0.15) is 15.9 Å². The maximum absolute atomic E-state index is 12.2. The Kier molecular flexibility index (Phi) is 3.99. The largest absolute Gasteiger partial charge is 0.372 e. The van der Waals surface area contributed by atoms with E-state index in [4.69, 9.17) is 11.6 Å². The lowest BCUT2D eigenvalue weighted by Crippen LogP contribution is -2.03. The van der Waals surface area contributed by atoms with E-state index in [9.17, 15) is 4.79 Å². The standard InChI is InChI=1S/C13H10BrClN2O/c1-16-13-11(14)6-9(7-17-13)12(18)8-2-4-10(15)5-3-8/h2-7H,1H3,(H,16,17). The van der Waals surface area contributed by atoms with Crippen LogP contribution in [-0.4, -0.2) is 17.8 Å². The fraction of sp³-hybridized carbons (Fsp3) is 0.0769. The van der Waals surface area contributed by atoms with Crippen LogP contribution >= 0.6 is 27.5 Å². The van der Waals surface area contributed by atoms with E-state index in [2.05, 4.69) is 26.2 Å². The molecule has 0 aliphatic carbocycles. The molecule has 0 aliphatic rings. The van der Waals surface area contributed by atoms with E-state index in [1.54, 1.807) is 43.6 Å². The number of nitrogens with zero attached hydrogens (tertiary/aromatic N) is 1. The average molecular weight is 326 g/mol. The van der Waals surface area contributed by atoms with Crippen LogP contribution in [0.3, 0.4) is 0 Å². The maximum atomic E-state index is 12.2. The van der Waals surface area contributed by atoms with Crippen LogP contribution in [0.15, 0.2) is 41.0 Å². The summed E-state index contributed by atoms with van der Waals surface area (Å²) in [6, 6.07) is 8.53. The third-order valence-corrected chi connectivity index (χ3v) is 3.30. The van der Waals surface area contributed by atoms with Gasteiger partial charge in [0.05, 0.1) is 4.47 Å². The zero-order valence-corrected chi connectivity index (χ0v) is 11.9. The minimum Gasteiger partial charge on any atom is -0.372 e. The van der Waals surface area contributed by atoms with Gasteiger partial charge >= 0.3 is 0 Å². The maximum Gasteiger partial charge on any atom is 0.194 e. The van der Waals surface area contributed by atoms with Gasteiger partial charge in [0.2, 0.25) is 0 Å². The molecule has 2 aromatic rings. The fourth-order valence-electron chi connectivity index (χ4n) is 1.51. The Morgan fingerprint density at radius 2 is 1.94 bits per heavy atom. The monoisotopic (exact) mass is 324 g/mol. The van der Waals surface area contributed by atoms with Gasteiger partial charge in [-0.25, -0.2) is 4.98 Å². The van der Waals surface area contributed by atoms with E-state index >= 15 is 0 Å². The van der Waals surface area contributed by atoms with Crippen LogP contribution in [0, 0.1) is 0 Å². The lowest BCUT2D eigenvalue weighted by molar-refractivity contribution is 0.103. The molecular formula is C13H10BrClN2O. The highest BCUT2D eigenvalue weighted by Gasteiger charge is 2.11. The first-order valence-corrected chi connectivity index (χ1v) is 6.42. The SMILES string of the molecule is CNc1ncc(C(=O)c2ccc(Cl)cc2)cc1Br. The van der Waals surface area contributed by atoms with Crippen molar-refractivity contribution < 1.29 is 4.79 Å². The Hall–Kier alpha value is -1.39. The molecule has 0 aliphatic heterocycles. The summed E-state index contributed by atoms with van der Waals surface area (Å²) >= 11 is 9.15. The molecule has 0 amide bonds. The molecule has 1 aromatic heterocycles. The molecular weight excluding hydrogens is 316 g/mol. The topological polar surface area (TPSA) is 42.0 Å². The number of benzene rings is 1. The minimum absolute atomic E-state index is 0.0810. The summed E-state index contributed by atoms with van der Waals surface area (Å²) in [5.74, 6) is 0.616. The van der Waals surface area contributed by atoms with Crippen molar-refractivity contribution in [2.45, 2.75) is 0 Å². The minimum atomic E-state index is -0.0810. The average Bonchev–Trinajstić information content (AvgIpc) is 2.38. The Balaban J connectivity index is 2.34. The molecule has 0 radical (unpaired) electrons. The first-order chi connectivity index (χ1) is 8.61. The van der Waals surface area contributed by atoms with E-state index in [0.29, 0.717) is 22.0 Å². The van der Waals surface area contributed by atoms with E-state index in [1.165, 1.54) is 0 Å². The van der Waals surface area contributed by atoms with Crippen molar-refractivity contribution in [3.8, 4) is 0 Å². The van der Waals surface area contributed by atoms with Crippen molar-refractivity contribution in [2.24, 2.45) is 0 Å². The number of hydrogen-bond donors (Lipinski definition) is 1. The molecule has 0 bridgehead atoms. The highest BCUT2D eigenvalue weighted by Crippen LogP contribution is 2.22. The van der Waals surface area contributed by atoms with Crippen molar-refractivity contribution in [3.05, 3.63) is 57.2 Å². The molecule has 1 aromatic carbocycles. The number of ketones is 1. The first kappa shape index (κ1) is 13.1. The molecule has 0 fully saturated rings. The summed E-state index contributed by atoms with van der Waals surface area (Å²) in [6.07, 6.45) is 1.55. The zero-order valence-electron chi connectivity index (χ0n) is 9.58. The van der Waals surface area contributed by atoms with Gasteiger partial charge in [0.15, 0.2) is 5.78 Å². The molecule has 0 saturated carbocycles. The summed E-state index contributed by atoms with van der Waals surface area (Å²) in [7, 11) is 1.77. The van der Waals surface area contributed by atoms with Gasteiger partial charge in [0.25, 0.3) is 0 Å². The lowest BCUT2D eigenvalue weighted by atomic mass is 10.1. The molecule has 18 heavy (non-hydrogen) atoms. The molecule has 0 atom stereocenters. The second-order valence-electron chi connectivity index (χ2n) is 3.64. The van der Waals surface area contributed by atoms with Crippen LogP contribution in [0.4, 0.5) is 5.82 Å². The highest BCUT2D eigenvalue weighted by molar-refractivity contribution is 9.10. The van der Waals surface area contributed by atoms with Crippen molar-refractivity contribution in [1.82, 2.24) is 4.98 Å². The molecule has 3 nitrogen and oxygen atoms in total. The van der Waals surface area contributed by atoms with Crippen molar-refractivity contribution in [3.63, 3.8) is 0 Å². The molecule has 2 rings (SSSR count). The summed E-state index contributed by atoms with van der Waals surface area (Å²) in [6.45, 7) is 0. The Morgan fingerprint density at radius 3 is 2.50 bits per heavy atom. The molecule has 0 spiro atoms. The van der Waals surface area contributed by atoms with E-state index in [-0.39, 0.29) is 5.78 Å². The Labute approximate surface area is 118 Å². The highest BCUT2D eigenvalue weighted by atomic mass is 79.9. The molecule has 0 unspecified atom stereocenters. The summed E-state index contributed by atoms with van der Waals surface area (Å²) in [4.78, 5) is 16.3. The number of pyridine rings is 1. The smallest absolute Gasteiger partial charge is 0.194 e. The number of anilines is 1. The molecule has 1 N–H and O–H groups in total. The summed E-state index contributed by atoms with van der Waals surface area (Å²) < 4.78 is 0.754. The van der Waals surface area contributed by atoms with Gasteiger partial charge in [-0.1, -0.05) is 11.6 Å². The first-order valence-electron chi connectivity index (χ1n) is 5.25. The number of carbonyl (C=O) groups excluding carboxylic acids is 1. The predicted molar refractivity (Wildman–Crippen MR) is 76.4 cm³/mol. The second-order valence-corrected chi connectivity index (χ2v) is 4.93. The number of rotatable bonds is 3. The third kappa shape index (κ3) is 2.71. The molecule has 5 heteroatoms. The van der Waals surface area contributed by atoms with E-state index in [0.717, 1.165) is 4.47 Å². The van der Waals surface area contributed by atoms with Crippen LogP contribution < -0.4 is 5.32 Å². The van der Waals surface area contributed by atoms with Crippen molar-refractivity contribution in [2.75, 3.05) is 12.4 Å². The lowest BCUT2D eigenvalue weighted by Gasteiger charge is -2.05. The predicted octanol–water partition coefficient (Wildman–Crippen LogP) is 3.77. The molecule has 0 saturated heterocycles. The van der Waals surface area contributed by atoms with Gasteiger partial charge in [-0.15, -0.1) is 0 Å². The number of aromatic nitrogens is 1. The van der Waals surface area contributed by atoms with Gasteiger partial charge in [0, 0.05) is 29.4 Å². The fourth-order valence-corrected chi connectivity index (χ4v) is 2.19. The van der Waals surface area contributed by atoms with Crippen molar-refractivity contribution >= 4 is 39.1 Å². The van der Waals surface area contributed by atoms with Crippen LogP contribution in [0.25, 0.3) is 0 Å². The molecule has 1 heterocycles.